The van der Waals surface area contributed by atoms with Crippen LogP contribution >= 0.6 is 34.9 Å². The number of anilines is 1. The first-order chi connectivity index (χ1) is 14.8. The lowest BCUT2D eigenvalue weighted by Gasteiger charge is -2.30. The predicted octanol–water partition coefficient (Wildman–Crippen LogP) is 2.56. The number of piperidine rings is 1. The molecule has 9 nitrogen and oxygen atoms in total. The normalized spacial score (nSPS) is 15.5. The highest BCUT2D eigenvalue weighted by Crippen LogP contribution is 2.28. The van der Waals surface area contributed by atoms with Crippen LogP contribution in [0.25, 0.3) is 0 Å². The Balaban J connectivity index is 1.52. The molecule has 0 spiro atoms. The fourth-order valence-electron chi connectivity index (χ4n) is 2.96. The summed E-state index contributed by atoms with van der Waals surface area (Å²) in [6.07, 6.45) is 2.79. The van der Waals surface area contributed by atoms with Crippen LogP contribution in [0, 0.1) is 5.92 Å². The molecule has 1 saturated heterocycles. The van der Waals surface area contributed by atoms with Gasteiger partial charge in [-0.3, -0.25) is 9.59 Å². The number of nitrogens with zero attached hydrogens (tertiary/aromatic N) is 3. The van der Waals surface area contributed by atoms with Gasteiger partial charge >= 0.3 is 5.97 Å². The van der Waals surface area contributed by atoms with Crippen LogP contribution in [0.1, 0.15) is 12.8 Å². The first-order valence-electron chi connectivity index (χ1n) is 9.31. The molecule has 1 aromatic heterocycles. The largest absolute Gasteiger partial charge is 0.468 e. The summed E-state index contributed by atoms with van der Waals surface area (Å²) in [5.74, 6) is -0.762. The molecule has 1 fully saturated rings. The molecule has 1 aliphatic rings. The summed E-state index contributed by atoms with van der Waals surface area (Å²) >= 11 is 3.91. The van der Waals surface area contributed by atoms with Crippen LogP contribution in [0.15, 0.2) is 38.4 Å². The highest BCUT2D eigenvalue weighted by Gasteiger charge is 2.32. The maximum atomic E-state index is 12.9. The summed E-state index contributed by atoms with van der Waals surface area (Å²) in [4.78, 5) is 25.0. The van der Waals surface area contributed by atoms with E-state index < -0.39 is 10.0 Å². The maximum absolute atomic E-state index is 12.9. The van der Waals surface area contributed by atoms with Gasteiger partial charge in [0.15, 0.2) is 4.34 Å². The van der Waals surface area contributed by atoms with Crippen LogP contribution in [0.4, 0.5) is 5.13 Å². The number of thioether (sulfide) groups is 2. The first kappa shape index (κ1) is 24.0. The number of amides is 1. The van der Waals surface area contributed by atoms with Crippen molar-refractivity contribution in [1.82, 2.24) is 14.5 Å². The van der Waals surface area contributed by atoms with E-state index in [0.29, 0.717) is 22.3 Å². The van der Waals surface area contributed by atoms with Crippen LogP contribution < -0.4 is 5.32 Å². The summed E-state index contributed by atoms with van der Waals surface area (Å²) in [7, 11) is -2.26. The van der Waals surface area contributed by atoms with E-state index in [4.69, 9.17) is 0 Å². The van der Waals surface area contributed by atoms with Crippen LogP contribution in [0.5, 0.6) is 0 Å². The lowest BCUT2D eigenvalue weighted by Crippen LogP contribution is -2.41. The number of carbonyl (C=O) groups excluding carboxylic acids is 2. The molecule has 0 saturated carbocycles. The third-order valence-corrected chi connectivity index (χ3v) is 9.30. The molecule has 0 bridgehead atoms. The second kappa shape index (κ2) is 10.8. The van der Waals surface area contributed by atoms with Gasteiger partial charge in [-0.15, -0.1) is 22.0 Å². The zero-order valence-corrected chi connectivity index (χ0v) is 20.2. The third-order valence-electron chi connectivity index (χ3n) is 4.70. The van der Waals surface area contributed by atoms with E-state index in [1.165, 1.54) is 34.5 Å². The molecule has 31 heavy (non-hydrogen) atoms. The Morgan fingerprint density at radius 3 is 2.52 bits per heavy atom. The fraction of sp³-hybridized carbons (Fsp3) is 0.444. The van der Waals surface area contributed by atoms with E-state index >= 15 is 0 Å². The van der Waals surface area contributed by atoms with Gasteiger partial charge in [0.05, 0.1) is 17.8 Å². The molecule has 0 unspecified atom stereocenters. The molecule has 168 valence electrons. The van der Waals surface area contributed by atoms with Gasteiger partial charge in [-0.2, -0.15) is 4.31 Å². The number of methoxy groups -OCH3 is 1. The summed E-state index contributed by atoms with van der Waals surface area (Å²) in [6, 6.07) is 6.81. The van der Waals surface area contributed by atoms with E-state index in [-0.39, 0.29) is 41.5 Å². The SMILES string of the molecule is COC(=O)CSc1nnc(NC(=O)C2CCN(S(=O)(=O)c3ccc(SC)cc3)CC2)s1. The minimum absolute atomic E-state index is 0.117. The van der Waals surface area contributed by atoms with E-state index in [1.807, 2.05) is 6.26 Å². The van der Waals surface area contributed by atoms with Crippen molar-refractivity contribution in [3.8, 4) is 0 Å². The van der Waals surface area contributed by atoms with Crippen molar-refractivity contribution >= 4 is 61.9 Å². The van der Waals surface area contributed by atoms with Gasteiger partial charge in [0.25, 0.3) is 0 Å². The van der Waals surface area contributed by atoms with Crippen LogP contribution in [0.2, 0.25) is 0 Å². The van der Waals surface area contributed by atoms with Crippen LogP contribution in [0.3, 0.4) is 0 Å². The third kappa shape index (κ3) is 6.19. The Morgan fingerprint density at radius 1 is 1.23 bits per heavy atom. The minimum Gasteiger partial charge on any atom is -0.468 e. The van der Waals surface area contributed by atoms with Gasteiger partial charge in [0.2, 0.25) is 21.1 Å². The number of hydrogen-bond donors (Lipinski definition) is 1. The van der Waals surface area contributed by atoms with Crippen LogP contribution in [-0.2, 0) is 24.3 Å². The molecular weight excluding hydrogens is 480 g/mol. The molecule has 2 heterocycles. The molecule has 1 amide bonds. The molecule has 1 aliphatic heterocycles. The van der Waals surface area contributed by atoms with Gasteiger partial charge in [-0.25, -0.2) is 8.42 Å². The Morgan fingerprint density at radius 2 is 1.90 bits per heavy atom. The average molecular weight is 503 g/mol. The average Bonchev–Trinajstić information content (AvgIpc) is 3.24. The molecule has 0 atom stereocenters. The predicted molar refractivity (Wildman–Crippen MR) is 121 cm³/mol. The van der Waals surface area contributed by atoms with Crippen molar-refractivity contribution < 1.29 is 22.7 Å². The summed E-state index contributed by atoms with van der Waals surface area (Å²) in [5.41, 5.74) is 0. The maximum Gasteiger partial charge on any atom is 0.316 e. The molecule has 0 aliphatic carbocycles. The Hall–Kier alpha value is -1.67. The highest BCUT2D eigenvalue weighted by atomic mass is 32.2. The monoisotopic (exact) mass is 502 g/mol. The topological polar surface area (TPSA) is 119 Å². The van der Waals surface area contributed by atoms with Crippen molar-refractivity contribution in [2.75, 3.05) is 37.5 Å². The van der Waals surface area contributed by atoms with E-state index in [9.17, 15) is 18.0 Å². The Labute approximate surface area is 193 Å². The quantitative estimate of drug-likeness (QED) is 0.330. The van der Waals surface area contributed by atoms with Gasteiger partial charge in [-0.1, -0.05) is 23.1 Å². The summed E-state index contributed by atoms with van der Waals surface area (Å²) in [6.45, 7) is 0.558. The fourth-order valence-corrected chi connectivity index (χ4v) is 6.43. The second-order valence-corrected chi connectivity index (χ2v) is 11.6. The molecule has 3 rings (SSSR count). The molecule has 0 radical (unpaired) electrons. The van der Waals surface area contributed by atoms with Gasteiger partial charge in [0.1, 0.15) is 0 Å². The van der Waals surface area contributed by atoms with Gasteiger partial charge in [0, 0.05) is 23.9 Å². The molecule has 1 N–H and O–H groups in total. The van der Waals surface area contributed by atoms with Crippen molar-refractivity contribution in [2.45, 2.75) is 27.0 Å². The Bertz CT molecular complexity index is 1020. The minimum atomic E-state index is -3.58. The number of benzene rings is 1. The number of esters is 1. The highest BCUT2D eigenvalue weighted by molar-refractivity contribution is 8.01. The molecule has 2 aromatic rings. The standard InChI is InChI=1S/C18H22N4O5S4/c1-27-15(23)11-29-18-21-20-17(30-18)19-16(24)12-7-9-22(10-8-12)31(25,26)14-5-3-13(28-2)4-6-14/h3-6,12H,7-11H2,1-2H3,(H,19,20,24). The zero-order valence-electron chi connectivity index (χ0n) is 16.9. The van der Waals surface area contributed by atoms with Crippen molar-refractivity contribution in [1.29, 1.82) is 0 Å². The van der Waals surface area contributed by atoms with E-state index in [0.717, 1.165) is 4.90 Å². The number of hydrogen-bond acceptors (Lipinski definition) is 10. The lowest BCUT2D eigenvalue weighted by atomic mass is 9.97. The van der Waals surface area contributed by atoms with Crippen molar-refractivity contribution in [3.05, 3.63) is 24.3 Å². The van der Waals surface area contributed by atoms with Gasteiger partial charge in [-0.05, 0) is 43.4 Å². The van der Waals surface area contributed by atoms with Gasteiger partial charge < -0.3 is 10.1 Å². The molecular formula is C18H22N4O5S4. The molecule has 13 heteroatoms. The van der Waals surface area contributed by atoms with Crippen LogP contribution in [-0.4, -0.2) is 67.0 Å². The number of ether oxygens (including phenoxy) is 1. The number of carbonyl (C=O) groups is 2. The molecule has 1 aromatic carbocycles. The first-order valence-corrected chi connectivity index (χ1v) is 13.8. The zero-order chi connectivity index (χ0) is 22.4. The number of aromatic nitrogens is 2. The Kier molecular flexibility index (Phi) is 8.33. The van der Waals surface area contributed by atoms with Crippen molar-refractivity contribution in [3.63, 3.8) is 0 Å². The number of nitrogens with one attached hydrogen (secondary N) is 1. The van der Waals surface area contributed by atoms with Crippen molar-refractivity contribution in [2.24, 2.45) is 5.92 Å². The summed E-state index contributed by atoms with van der Waals surface area (Å²) < 4.78 is 32.3. The lowest BCUT2D eigenvalue weighted by molar-refractivity contribution is -0.137. The van der Waals surface area contributed by atoms with E-state index in [1.54, 1.807) is 36.0 Å². The van der Waals surface area contributed by atoms with E-state index in [2.05, 4.69) is 20.3 Å². The summed E-state index contributed by atoms with van der Waals surface area (Å²) in [5, 5.41) is 10.9. The smallest absolute Gasteiger partial charge is 0.316 e. The second-order valence-electron chi connectivity index (χ2n) is 6.58. The number of rotatable bonds is 8. The number of sulfonamides is 1.